The third kappa shape index (κ3) is 3.26. The summed E-state index contributed by atoms with van der Waals surface area (Å²) < 4.78 is 1.89. The van der Waals surface area contributed by atoms with E-state index >= 15 is 0 Å². The molecule has 1 aliphatic carbocycles. The summed E-state index contributed by atoms with van der Waals surface area (Å²) in [4.78, 5) is 2.48. The van der Waals surface area contributed by atoms with E-state index < -0.39 is 0 Å². The summed E-state index contributed by atoms with van der Waals surface area (Å²) in [5.41, 5.74) is 3.18. The van der Waals surface area contributed by atoms with E-state index in [1.807, 2.05) is 22.7 Å². The molecule has 2 aliphatic rings. The molecule has 6 heteroatoms. The zero-order chi connectivity index (χ0) is 18.9. The Labute approximate surface area is 166 Å². The molecular weight excluding hydrogens is 348 g/mol. The van der Waals surface area contributed by atoms with Crippen LogP contribution in [0, 0.1) is 0 Å². The van der Waals surface area contributed by atoms with E-state index in [1.54, 1.807) is 0 Å². The molecule has 2 aromatic heterocycles. The number of likely N-dealkylation sites (tertiary alicyclic amines) is 1. The minimum absolute atomic E-state index is 0.603. The fourth-order valence-corrected chi connectivity index (χ4v) is 4.48. The largest absolute Gasteiger partial charge is 0.368 e. The maximum atomic E-state index is 4.96. The summed E-state index contributed by atoms with van der Waals surface area (Å²) in [5, 5.41) is 17.4. The van der Waals surface area contributed by atoms with Gasteiger partial charge in [0.2, 0.25) is 0 Å². The van der Waals surface area contributed by atoms with Crippen molar-refractivity contribution in [2.45, 2.75) is 50.5 Å². The van der Waals surface area contributed by atoms with Crippen LogP contribution in [0.4, 0.5) is 5.82 Å². The fourth-order valence-electron chi connectivity index (χ4n) is 4.48. The molecule has 1 unspecified atom stereocenters. The van der Waals surface area contributed by atoms with E-state index in [0.717, 1.165) is 35.8 Å². The predicted molar refractivity (Wildman–Crippen MR) is 112 cm³/mol. The Bertz CT molecular complexity index is 946. The number of hydrogen-bond donors (Lipinski definition) is 1. The number of anilines is 1. The number of aromatic nitrogens is 4. The zero-order valence-electron chi connectivity index (χ0n) is 16.5. The molecule has 5 rings (SSSR count). The van der Waals surface area contributed by atoms with Crippen LogP contribution < -0.4 is 5.32 Å². The first-order chi connectivity index (χ1) is 13.8. The number of fused-ring (bicyclic) bond motifs is 1. The molecule has 0 amide bonds. The summed E-state index contributed by atoms with van der Waals surface area (Å²) in [7, 11) is 2.24. The van der Waals surface area contributed by atoms with Crippen LogP contribution in [0.5, 0.6) is 0 Å². The fraction of sp³-hybridized carbons (Fsp3) is 0.500. The van der Waals surface area contributed by atoms with Crippen LogP contribution >= 0.6 is 0 Å². The SMILES string of the molecule is CN1CCCC1CCNc1nn2c(-c3ccccc3)nnc2cc1C1CCC1. The third-order valence-electron chi connectivity index (χ3n) is 6.44. The number of nitrogens with one attached hydrogen (secondary N) is 1. The lowest BCUT2D eigenvalue weighted by molar-refractivity contribution is 0.301. The maximum Gasteiger partial charge on any atom is 0.185 e. The van der Waals surface area contributed by atoms with Gasteiger partial charge in [0.1, 0.15) is 0 Å². The Kier molecular flexibility index (Phi) is 4.72. The van der Waals surface area contributed by atoms with Gasteiger partial charge in [-0.1, -0.05) is 36.8 Å². The van der Waals surface area contributed by atoms with Crippen molar-refractivity contribution in [2.24, 2.45) is 0 Å². The summed E-state index contributed by atoms with van der Waals surface area (Å²) in [6.45, 7) is 2.18. The minimum Gasteiger partial charge on any atom is -0.368 e. The van der Waals surface area contributed by atoms with Crippen molar-refractivity contribution in [3.05, 3.63) is 42.0 Å². The van der Waals surface area contributed by atoms with Crippen molar-refractivity contribution < 1.29 is 0 Å². The van der Waals surface area contributed by atoms with Crippen LogP contribution in [-0.2, 0) is 0 Å². The number of hydrogen-bond acceptors (Lipinski definition) is 5. The Morgan fingerprint density at radius 1 is 1.07 bits per heavy atom. The molecule has 0 spiro atoms. The first-order valence-electron chi connectivity index (χ1n) is 10.6. The van der Waals surface area contributed by atoms with Gasteiger partial charge < -0.3 is 10.2 Å². The average molecular weight is 377 g/mol. The van der Waals surface area contributed by atoms with E-state index in [4.69, 9.17) is 5.10 Å². The molecule has 0 bridgehead atoms. The zero-order valence-corrected chi connectivity index (χ0v) is 16.5. The highest BCUT2D eigenvalue weighted by Crippen LogP contribution is 2.39. The molecule has 28 heavy (non-hydrogen) atoms. The highest BCUT2D eigenvalue weighted by molar-refractivity contribution is 5.61. The standard InChI is InChI=1S/C22H28N6/c1-27-14-6-11-18(27)12-13-23-21-19(16-9-5-10-16)15-20-24-25-22(28(20)26-21)17-7-3-2-4-8-17/h2-4,7-8,15-16,18H,5-6,9-14H2,1H3,(H,23,26). The predicted octanol–water partition coefficient (Wildman–Crippen LogP) is 3.96. The highest BCUT2D eigenvalue weighted by Gasteiger charge is 2.26. The van der Waals surface area contributed by atoms with Crippen LogP contribution in [0.15, 0.2) is 36.4 Å². The van der Waals surface area contributed by atoms with Gasteiger partial charge in [-0.05, 0) is 57.7 Å². The molecule has 0 radical (unpaired) electrons. The van der Waals surface area contributed by atoms with E-state index in [1.165, 1.54) is 44.2 Å². The topological polar surface area (TPSA) is 58.4 Å². The van der Waals surface area contributed by atoms with E-state index in [0.29, 0.717) is 12.0 Å². The van der Waals surface area contributed by atoms with Crippen molar-refractivity contribution in [3.63, 3.8) is 0 Å². The van der Waals surface area contributed by atoms with Gasteiger partial charge >= 0.3 is 0 Å². The van der Waals surface area contributed by atoms with Gasteiger partial charge in [-0.15, -0.1) is 15.3 Å². The molecule has 2 fully saturated rings. The molecular formula is C22H28N6. The van der Waals surface area contributed by atoms with Gasteiger partial charge in [-0.3, -0.25) is 0 Å². The second kappa shape index (κ2) is 7.51. The molecule has 1 saturated carbocycles. The maximum absolute atomic E-state index is 4.96. The van der Waals surface area contributed by atoms with Gasteiger partial charge in [-0.2, -0.15) is 4.52 Å². The van der Waals surface area contributed by atoms with Crippen LogP contribution in [0.2, 0.25) is 0 Å². The molecule has 3 heterocycles. The number of benzene rings is 1. The second-order valence-electron chi connectivity index (χ2n) is 8.23. The number of rotatable bonds is 6. The normalized spacial score (nSPS) is 20.5. The molecule has 146 valence electrons. The lowest BCUT2D eigenvalue weighted by Gasteiger charge is -2.28. The Hall–Kier alpha value is -2.47. The third-order valence-corrected chi connectivity index (χ3v) is 6.44. The summed E-state index contributed by atoms with van der Waals surface area (Å²) in [5.74, 6) is 2.41. The number of nitrogens with zero attached hydrogens (tertiary/aromatic N) is 5. The second-order valence-corrected chi connectivity index (χ2v) is 8.23. The Morgan fingerprint density at radius 3 is 2.64 bits per heavy atom. The monoisotopic (exact) mass is 376 g/mol. The van der Waals surface area contributed by atoms with Crippen molar-refractivity contribution in [3.8, 4) is 11.4 Å². The molecule has 6 nitrogen and oxygen atoms in total. The quantitative estimate of drug-likeness (QED) is 0.706. The Morgan fingerprint density at radius 2 is 1.93 bits per heavy atom. The summed E-state index contributed by atoms with van der Waals surface area (Å²) >= 11 is 0. The van der Waals surface area contributed by atoms with Crippen LogP contribution in [-0.4, -0.2) is 50.9 Å². The van der Waals surface area contributed by atoms with E-state index in [-0.39, 0.29) is 0 Å². The van der Waals surface area contributed by atoms with Gasteiger partial charge in [0.05, 0.1) is 0 Å². The van der Waals surface area contributed by atoms with E-state index in [9.17, 15) is 0 Å². The molecule has 3 aromatic rings. The van der Waals surface area contributed by atoms with Crippen molar-refractivity contribution >= 4 is 11.5 Å². The van der Waals surface area contributed by atoms with Crippen molar-refractivity contribution in [2.75, 3.05) is 25.5 Å². The van der Waals surface area contributed by atoms with Gasteiger partial charge in [-0.25, -0.2) is 0 Å². The smallest absolute Gasteiger partial charge is 0.185 e. The van der Waals surface area contributed by atoms with Crippen LogP contribution in [0.1, 0.15) is 50.0 Å². The average Bonchev–Trinajstić information content (AvgIpc) is 3.27. The molecule has 1 atom stereocenters. The Balaban J connectivity index is 1.44. The van der Waals surface area contributed by atoms with Crippen molar-refractivity contribution in [1.29, 1.82) is 0 Å². The lowest BCUT2D eigenvalue weighted by Crippen LogP contribution is -2.27. The summed E-state index contributed by atoms with van der Waals surface area (Å²) in [6.07, 6.45) is 7.59. The molecule has 1 aromatic carbocycles. The van der Waals surface area contributed by atoms with Crippen molar-refractivity contribution in [1.82, 2.24) is 24.7 Å². The first kappa shape index (κ1) is 17.6. The highest BCUT2D eigenvalue weighted by atomic mass is 15.4. The van der Waals surface area contributed by atoms with Gasteiger partial charge in [0.25, 0.3) is 0 Å². The van der Waals surface area contributed by atoms with Gasteiger partial charge in [0, 0.05) is 23.7 Å². The molecule has 1 aliphatic heterocycles. The minimum atomic E-state index is 0.603. The summed E-state index contributed by atoms with van der Waals surface area (Å²) in [6, 6.07) is 13.1. The first-order valence-corrected chi connectivity index (χ1v) is 10.6. The van der Waals surface area contributed by atoms with Crippen LogP contribution in [0.3, 0.4) is 0 Å². The lowest BCUT2D eigenvalue weighted by atomic mass is 9.80. The van der Waals surface area contributed by atoms with E-state index in [2.05, 4.69) is 45.7 Å². The molecule has 1 saturated heterocycles. The van der Waals surface area contributed by atoms with Crippen LogP contribution in [0.25, 0.3) is 17.0 Å². The van der Waals surface area contributed by atoms with Gasteiger partial charge in [0.15, 0.2) is 17.3 Å². The molecule has 1 N–H and O–H groups in total.